The molecule has 0 fully saturated rings. The second-order valence-electron chi connectivity index (χ2n) is 6.06. The molecular formula is C13H28O3Si2. The smallest absolute Gasteiger partial charge is 0.263 e. The van der Waals surface area contributed by atoms with Gasteiger partial charge in [0.1, 0.15) is 0 Å². The quantitative estimate of drug-likeness (QED) is 0.382. The molecule has 0 aliphatic heterocycles. The molecule has 0 aliphatic carbocycles. The molecule has 0 heterocycles. The van der Waals surface area contributed by atoms with E-state index in [4.69, 9.17) is 13.6 Å². The average Bonchev–Trinajstić information content (AvgIpc) is 2.12. The van der Waals surface area contributed by atoms with Crippen LogP contribution in [0.15, 0.2) is 24.7 Å². The average molecular weight is 289 g/mol. The molecule has 0 aliphatic rings. The lowest BCUT2D eigenvalue weighted by Crippen LogP contribution is -2.31. The Bertz CT molecular complexity index is 288. The van der Waals surface area contributed by atoms with Gasteiger partial charge in [0.05, 0.1) is 12.7 Å². The zero-order valence-electron chi connectivity index (χ0n) is 12.9. The van der Waals surface area contributed by atoms with Crippen molar-refractivity contribution in [1.29, 1.82) is 0 Å². The van der Waals surface area contributed by atoms with Crippen LogP contribution in [0.4, 0.5) is 0 Å². The summed E-state index contributed by atoms with van der Waals surface area (Å²) in [4.78, 5) is 0. The Kier molecular flexibility index (Phi) is 6.95. The van der Waals surface area contributed by atoms with Crippen molar-refractivity contribution in [3.63, 3.8) is 0 Å². The van der Waals surface area contributed by atoms with Crippen molar-refractivity contribution in [2.24, 2.45) is 0 Å². The maximum Gasteiger partial charge on any atom is 0.263 e. The van der Waals surface area contributed by atoms with Gasteiger partial charge in [-0.1, -0.05) is 6.08 Å². The first-order valence-electron chi connectivity index (χ1n) is 6.41. The number of hydrogen-bond acceptors (Lipinski definition) is 3. The van der Waals surface area contributed by atoms with Crippen LogP contribution >= 0.6 is 0 Å². The summed E-state index contributed by atoms with van der Waals surface area (Å²) in [5.74, 6) is 0.569. The Balaban J connectivity index is 4.83. The second kappa shape index (κ2) is 7.16. The van der Waals surface area contributed by atoms with E-state index >= 15 is 0 Å². The topological polar surface area (TPSA) is 27.7 Å². The maximum atomic E-state index is 5.98. The predicted molar refractivity (Wildman–Crippen MR) is 82.6 cm³/mol. The third kappa shape index (κ3) is 9.50. The lowest BCUT2D eigenvalue weighted by molar-refractivity contribution is 0.106. The Hall–Kier alpha value is -0.526. The summed E-state index contributed by atoms with van der Waals surface area (Å²) >= 11 is 0. The minimum atomic E-state index is -1.67. The van der Waals surface area contributed by atoms with E-state index in [1.54, 1.807) is 6.08 Å². The maximum absolute atomic E-state index is 5.98. The highest BCUT2D eigenvalue weighted by Gasteiger charge is 2.22. The molecule has 0 saturated heterocycles. The van der Waals surface area contributed by atoms with Gasteiger partial charge in [-0.15, -0.1) is 6.58 Å². The number of rotatable bonds is 8. The minimum Gasteiger partial charge on any atom is -0.520 e. The van der Waals surface area contributed by atoms with Gasteiger partial charge in [0.25, 0.3) is 5.95 Å². The standard InChI is InChI=1S/C13H28O3Si2/c1-9-12(15-17(3,4)5)11-13(14-10-2)16-18(6,7)8/h9,11-12H,1,10H2,2-8H3/b13-11-. The molecule has 0 bridgehead atoms. The van der Waals surface area contributed by atoms with Crippen LogP contribution in [-0.2, 0) is 13.6 Å². The van der Waals surface area contributed by atoms with E-state index in [1.807, 2.05) is 13.0 Å². The van der Waals surface area contributed by atoms with E-state index in [9.17, 15) is 0 Å². The highest BCUT2D eigenvalue weighted by Crippen LogP contribution is 2.16. The van der Waals surface area contributed by atoms with Gasteiger partial charge >= 0.3 is 0 Å². The number of ether oxygens (including phenoxy) is 1. The van der Waals surface area contributed by atoms with Gasteiger partial charge in [0.2, 0.25) is 8.32 Å². The molecule has 0 radical (unpaired) electrons. The molecular weight excluding hydrogens is 260 g/mol. The van der Waals surface area contributed by atoms with Crippen LogP contribution in [0.3, 0.4) is 0 Å². The van der Waals surface area contributed by atoms with Crippen molar-refractivity contribution < 1.29 is 13.6 Å². The zero-order valence-corrected chi connectivity index (χ0v) is 14.9. The van der Waals surface area contributed by atoms with Crippen molar-refractivity contribution in [2.75, 3.05) is 6.61 Å². The highest BCUT2D eigenvalue weighted by atomic mass is 28.4. The van der Waals surface area contributed by atoms with E-state index < -0.39 is 16.6 Å². The van der Waals surface area contributed by atoms with Gasteiger partial charge in [0, 0.05) is 6.08 Å². The predicted octanol–water partition coefficient (Wildman–Crippen LogP) is 4.12. The van der Waals surface area contributed by atoms with E-state index in [1.165, 1.54) is 0 Å². The lowest BCUT2D eigenvalue weighted by atomic mass is 10.3. The molecule has 0 spiro atoms. The van der Waals surface area contributed by atoms with E-state index in [0.717, 1.165) is 0 Å². The van der Waals surface area contributed by atoms with Crippen LogP contribution in [0.5, 0.6) is 0 Å². The summed E-state index contributed by atoms with van der Waals surface area (Å²) in [7, 11) is -3.27. The molecule has 1 atom stereocenters. The number of hydrogen-bond donors (Lipinski definition) is 0. The molecule has 0 aromatic heterocycles. The SMILES string of the molecule is C=CC(/C=C(/OCC)O[Si](C)(C)C)O[Si](C)(C)C. The Morgan fingerprint density at radius 2 is 1.67 bits per heavy atom. The third-order valence-electron chi connectivity index (χ3n) is 1.72. The fraction of sp³-hybridized carbons (Fsp3) is 0.692. The first-order valence-corrected chi connectivity index (χ1v) is 13.2. The first-order chi connectivity index (χ1) is 8.07. The Morgan fingerprint density at radius 1 is 1.11 bits per heavy atom. The van der Waals surface area contributed by atoms with Crippen LogP contribution < -0.4 is 0 Å². The van der Waals surface area contributed by atoms with Crippen molar-refractivity contribution in [3.8, 4) is 0 Å². The Labute approximate surface area is 114 Å². The fourth-order valence-corrected chi connectivity index (χ4v) is 2.96. The summed E-state index contributed by atoms with van der Waals surface area (Å²) < 4.78 is 17.4. The third-order valence-corrected chi connectivity index (χ3v) is 3.51. The van der Waals surface area contributed by atoms with E-state index in [0.29, 0.717) is 12.6 Å². The van der Waals surface area contributed by atoms with Crippen molar-refractivity contribution in [1.82, 2.24) is 0 Å². The summed E-state index contributed by atoms with van der Waals surface area (Å²) in [6.07, 6.45) is 3.52. The Morgan fingerprint density at radius 3 is 2.00 bits per heavy atom. The summed E-state index contributed by atoms with van der Waals surface area (Å²) in [6, 6.07) is 0. The molecule has 0 saturated carbocycles. The molecule has 1 unspecified atom stereocenters. The van der Waals surface area contributed by atoms with Crippen LogP contribution in [0.1, 0.15) is 6.92 Å². The van der Waals surface area contributed by atoms with Crippen molar-refractivity contribution in [2.45, 2.75) is 52.3 Å². The normalized spacial score (nSPS) is 15.2. The second-order valence-corrected chi connectivity index (χ2v) is 15.0. The first kappa shape index (κ1) is 17.5. The molecule has 3 nitrogen and oxygen atoms in total. The largest absolute Gasteiger partial charge is 0.520 e. The lowest BCUT2D eigenvalue weighted by Gasteiger charge is -2.25. The molecule has 0 aromatic carbocycles. The van der Waals surface area contributed by atoms with Gasteiger partial charge in [-0.05, 0) is 46.2 Å². The molecule has 0 aromatic rings. The van der Waals surface area contributed by atoms with Gasteiger partial charge in [-0.25, -0.2) is 0 Å². The molecule has 5 heteroatoms. The van der Waals surface area contributed by atoms with Gasteiger partial charge in [0.15, 0.2) is 8.32 Å². The van der Waals surface area contributed by atoms with E-state index in [2.05, 4.69) is 45.9 Å². The van der Waals surface area contributed by atoms with Crippen LogP contribution in [0, 0.1) is 0 Å². The van der Waals surface area contributed by atoms with E-state index in [-0.39, 0.29) is 6.10 Å². The monoisotopic (exact) mass is 288 g/mol. The van der Waals surface area contributed by atoms with Gasteiger partial charge in [-0.2, -0.15) is 0 Å². The van der Waals surface area contributed by atoms with Crippen LogP contribution in [0.2, 0.25) is 39.3 Å². The highest BCUT2D eigenvalue weighted by molar-refractivity contribution is 6.70. The molecule has 18 heavy (non-hydrogen) atoms. The fourth-order valence-electron chi connectivity index (χ4n) is 1.25. The van der Waals surface area contributed by atoms with Crippen LogP contribution in [0.25, 0.3) is 0 Å². The molecule has 0 amide bonds. The summed E-state index contributed by atoms with van der Waals surface area (Å²) in [5.41, 5.74) is 0. The van der Waals surface area contributed by atoms with Gasteiger partial charge < -0.3 is 13.6 Å². The zero-order chi connectivity index (χ0) is 14.4. The minimum absolute atomic E-state index is 0.144. The molecule has 0 rings (SSSR count). The van der Waals surface area contributed by atoms with Crippen molar-refractivity contribution >= 4 is 16.6 Å². The summed E-state index contributed by atoms with van der Waals surface area (Å²) in [6.45, 7) is 19.2. The van der Waals surface area contributed by atoms with Gasteiger partial charge in [-0.3, -0.25) is 0 Å². The molecule has 106 valence electrons. The van der Waals surface area contributed by atoms with Crippen LogP contribution in [-0.4, -0.2) is 29.3 Å². The summed E-state index contributed by atoms with van der Waals surface area (Å²) in [5, 5.41) is 0. The molecule has 0 N–H and O–H groups in total. The van der Waals surface area contributed by atoms with Crippen molar-refractivity contribution in [3.05, 3.63) is 24.7 Å².